The molecule has 0 radical (unpaired) electrons. The zero-order chi connectivity index (χ0) is 15.1. The van der Waals surface area contributed by atoms with Crippen LogP contribution in [0.15, 0.2) is 18.2 Å². The van der Waals surface area contributed by atoms with Crippen molar-refractivity contribution in [2.75, 3.05) is 18.6 Å². The van der Waals surface area contributed by atoms with Gasteiger partial charge in [0, 0.05) is 13.1 Å². The predicted molar refractivity (Wildman–Crippen MR) is 78.4 cm³/mol. The van der Waals surface area contributed by atoms with E-state index in [1.165, 1.54) is 6.07 Å². The first kappa shape index (κ1) is 16.9. The summed E-state index contributed by atoms with van der Waals surface area (Å²) in [5, 5.41) is 0. The molecule has 1 atom stereocenters. The van der Waals surface area contributed by atoms with Gasteiger partial charge in [0.2, 0.25) is 5.91 Å². The summed E-state index contributed by atoms with van der Waals surface area (Å²) in [6.07, 6.45) is 2.56. The van der Waals surface area contributed by atoms with Crippen LogP contribution in [0.1, 0.15) is 18.9 Å². The molecule has 0 fully saturated rings. The zero-order valence-electron chi connectivity index (χ0n) is 11.7. The Morgan fingerprint density at radius 2 is 2.10 bits per heavy atom. The Morgan fingerprint density at radius 3 is 2.65 bits per heavy atom. The quantitative estimate of drug-likeness (QED) is 0.841. The molecule has 0 heterocycles. The number of nitrogens with zero attached hydrogens (tertiary/aromatic N) is 1. The van der Waals surface area contributed by atoms with Gasteiger partial charge in [-0.3, -0.25) is 4.79 Å². The molecule has 0 aliphatic heterocycles. The molecular formula is C14H20F2N2OS. The van der Waals surface area contributed by atoms with Crippen LogP contribution in [0, 0.1) is 11.6 Å². The van der Waals surface area contributed by atoms with Crippen LogP contribution >= 0.6 is 11.8 Å². The predicted octanol–water partition coefficient (Wildman–Crippen LogP) is 2.39. The fourth-order valence-electron chi connectivity index (χ4n) is 1.81. The SMILES string of the molecule is CCN(Cc1ccc(F)c(F)c1)C(=O)[C@H](N)CCSC. The summed E-state index contributed by atoms with van der Waals surface area (Å²) < 4.78 is 26.0. The van der Waals surface area contributed by atoms with Crippen molar-refractivity contribution in [3.63, 3.8) is 0 Å². The molecule has 20 heavy (non-hydrogen) atoms. The molecule has 0 aliphatic carbocycles. The smallest absolute Gasteiger partial charge is 0.239 e. The lowest BCUT2D eigenvalue weighted by molar-refractivity contribution is -0.133. The van der Waals surface area contributed by atoms with Gasteiger partial charge in [0.05, 0.1) is 6.04 Å². The highest BCUT2D eigenvalue weighted by molar-refractivity contribution is 7.98. The number of hydrogen-bond acceptors (Lipinski definition) is 3. The second-order valence-electron chi connectivity index (χ2n) is 4.49. The Kier molecular flexibility index (Phi) is 6.95. The number of nitrogens with two attached hydrogens (primary N) is 1. The van der Waals surface area contributed by atoms with E-state index in [1.54, 1.807) is 16.7 Å². The highest BCUT2D eigenvalue weighted by atomic mass is 32.2. The maximum absolute atomic E-state index is 13.2. The number of hydrogen-bond donors (Lipinski definition) is 1. The number of amides is 1. The standard InChI is InChI=1S/C14H20F2N2OS/c1-3-18(14(19)13(17)6-7-20-2)9-10-4-5-11(15)12(16)8-10/h4-5,8,13H,3,6-7,9,17H2,1-2H3/t13-/m1/s1. The van der Waals surface area contributed by atoms with Crippen LogP contribution in [0.4, 0.5) is 8.78 Å². The molecule has 6 heteroatoms. The third-order valence-electron chi connectivity index (χ3n) is 3.00. The molecule has 1 aromatic rings. The van der Waals surface area contributed by atoms with Crippen molar-refractivity contribution in [2.45, 2.75) is 25.9 Å². The van der Waals surface area contributed by atoms with Gasteiger partial charge < -0.3 is 10.6 Å². The Morgan fingerprint density at radius 1 is 1.40 bits per heavy atom. The second-order valence-corrected chi connectivity index (χ2v) is 5.47. The fraction of sp³-hybridized carbons (Fsp3) is 0.500. The van der Waals surface area contributed by atoms with E-state index in [0.717, 1.165) is 17.9 Å². The summed E-state index contributed by atoms with van der Waals surface area (Å²) in [5.74, 6) is -1.14. The number of halogens is 2. The molecule has 0 aliphatic rings. The van der Waals surface area contributed by atoms with Gasteiger partial charge in [-0.05, 0) is 43.0 Å². The van der Waals surface area contributed by atoms with Crippen LogP contribution < -0.4 is 5.73 Å². The van der Waals surface area contributed by atoms with Gasteiger partial charge in [0.15, 0.2) is 11.6 Å². The van der Waals surface area contributed by atoms with Crippen LogP contribution in [0.5, 0.6) is 0 Å². The third kappa shape index (κ3) is 4.76. The highest BCUT2D eigenvalue weighted by Crippen LogP contribution is 2.12. The first-order valence-corrected chi connectivity index (χ1v) is 7.86. The van der Waals surface area contributed by atoms with Crippen molar-refractivity contribution >= 4 is 17.7 Å². The lowest BCUT2D eigenvalue weighted by Crippen LogP contribution is -2.43. The molecule has 1 rings (SSSR count). The van der Waals surface area contributed by atoms with E-state index >= 15 is 0 Å². The lowest BCUT2D eigenvalue weighted by Gasteiger charge is -2.24. The molecule has 0 saturated carbocycles. The van der Waals surface area contributed by atoms with E-state index in [1.807, 2.05) is 13.2 Å². The average Bonchev–Trinajstić information content (AvgIpc) is 2.45. The van der Waals surface area contributed by atoms with E-state index in [-0.39, 0.29) is 12.5 Å². The molecule has 2 N–H and O–H groups in total. The largest absolute Gasteiger partial charge is 0.337 e. The van der Waals surface area contributed by atoms with Crippen molar-refractivity contribution in [3.05, 3.63) is 35.4 Å². The number of likely N-dealkylation sites (N-methyl/N-ethyl adjacent to an activating group) is 1. The number of carbonyl (C=O) groups excluding carboxylic acids is 1. The van der Waals surface area contributed by atoms with Gasteiger partial charge in [0.25, 0.3) is 0 Å². The van der Waals surface area contributed by atoms with Crippen LogP contribution in [0.25, 0.3) is 0 Å². The van der Waals surface area contributed by atoms with Crippen molar-refractivity contribution in [1.29, 1.82) is 0 Å². The minimum absolute atomic E-state index is 0.161. The second kappa shape index (κ2) is 8.21. The van der Waals surface area contributed by atoms with Gasteiger partial charge in [-0.2, -0.15) is 11.8 Å². The van der Waals surface area contributed by atoms with E-state index in [4.69, 9.17) is 5.73 Å². The van der Waals surface area contributed by atoms with Gasteiger partial charge in [-0.15, -0.1) is 0 Å². The summed E-state index contributed by atoms with van der Waals surface area (Å²) in [7, 11) is 0. The molecule has 0 aromatic heterocycles. The van der Waals surface area contributed by atoms with Crippen molar-refractivity contribution in [2.24, 2.45) is 5.73 Å². The summed E-state index contributed by atoms with van der Waals surface area (Å²) in [6, 6.07) is 3.10. The van der Waals surface area contributed by atoms with Crippen LogP contribution in [-0.2, 0) is 11.3 Å². The van der Waals surface area contributed by atoms with Crippen molar-refractivity contribution in [1.82, 2.24) is 4.90 Å². The Balaban J connectivity index is 2.70. The van der Waals surface area contributed by atoms with E-state index in [0.29, 0.717) is 18.5 Å². The fourth-order valence-corrected chi connectivity index (χ4v) is 2.30. The van der Waals surface area contributed by atoms with E-state index in [9.17, 15) is 13.6 Å². The summed E-state index contributed by atoms with van der Waals surface area (Å²) >= 11 is 1.63. The van der Waals surface area contributed by atoms with Gasteiger partial charge in [-0.1, -0.05) is 6.07 Å². The Labute approximate surface area is 122 Å². The lowest BCUT2D eigenvalue weighted by atomic mass is 10.1. The van der Waals surface area contributed by atoms with Gasteiger partial charge in [0.1, 0.15) is 0 Å². The minimum Gasteiger partial charge on any atom is -0.337 e. The molecule has 0 saturated heterocycles. The Hall–Kier alpha value is -1.14. The number of benzene rings is 1. The van der Waals surface area contributed by atoms with Crippen molar-refractivity contribution in [3.8, 4) is 0 Å². The summed E-state index contributed by atoms with van der Waals surface area (Å²) in [5.41, 5.74) is 6.40. The number of carbonyl (C=O) groups is 1. The number of rotatable bonds is 7. The third-order valence-corrected chi connectivity index (χ3v) is 3.64. The van der Waals surface area contributed by atoms with Gasteiger partial charge >= 0.3 is 0 Å². The van der Waals surface area contributed by atoms with Crippen LogP contribution in [0.3, 0.4) is 0 Å². The average molecular weight is 302 g/mol. The maximum Gasteiger partial charge on any atom is 0.239 e. The van der Waals surface area contributed by atoms with Crippen molar-refractivity contribution < 1.29 is 13.6 Å². The monoisotopic (exact) mass is 302 g/mol. The molecule has 3 nitrogen and oxygen atoms in total. The normalized spacial score (nSPS) is 12.2. The summed E-state index contributed by atoms with van der Waals surface area (Å²) in [6.45, 7) is 2.55. The molecule has 0 unspecified atom stereocenters. The topological polar surface area (TPSA) is 46.3 Å². The van der Waals surface area contributed by atoms with Gasteiger partial charge in [-0.25, -0.2) is 8.78 Å². The molecular weight excluding hydrogens is 282 g/mol. The Bertz CT molecular complexity index is 457. The van der Waals surface area contributed by atoms with E-state index in [2.05, 4.69) is 0 Å². The minimum atomic E-state index is -0.905. The number of thioether (sulfide) groups is 1. The van der Waals surface area contributed by atoms with Crippen LogP contribution in [-0.4, -0.2) is 35.4 Å². The first-order valence-electron chi connectivity index (χ1n) is 6.46. The van der Waals surface area contributed by atoms with Crippen LogP contribution in [0.2, 0.25) is 0 Å². The highest BCUT2D eigenvalue weighted by Gasteiger charge is 2.20. The molecule has 1 aromatic carbocycles. The van der Waals surface area contributed by atoms with E-state index < -0.39 is 17.7 Å². The molecule has 1 amide bonds. The maximum atomic E-state index is 13.2. The molecule has 0 bridgehead atoms. The first-order chi connectivity index (χ1) is 9.49. The molecule has 112 valence electrons. The zero-order valence-corrected chi connectivity index (χ0v) is 12.6. The summed E-state index contributed by atoms with van der Waals surface area (Å²) in [4.78, 5) is 13.7. The molecule has 0 spiro atoms.